The Labute approximate surface area is 193 Å². The fourth-order valence-corrected chi connectivity index (χ4v) is 3.33. The van der Waals surface area contributed by atoms with E-state index in [0.717, 1.165) is 5.56 Å². The molecule has 1 amide bonds. The van der Waals surface area contributed by atoms with E-state index in [9.17, 15) is 4.79 Å². The Morgan fingerprint density at radius 1 is 0.903 bits per heavy atom. The van der Waals surface area contributed by atoms with Gasteiger partial charge in [0.2, 0.25) is 0 Å². The van der Waals surface area contributed by atoms with Gasteiger partial charge in [0.25, 0.3) is 5.91 Å². The number of nitrogens with zero attached hydrogens (tertiary/aromatic N) is 4. The first-order valence-corrected chi connectivity index (χ1v) is 10.3. The molecule has 0 aliphatic carbocycles. The average Bonchev–Trinajstić information content (AvgIpc) is 3.40. The van der Waals surface area contributed by atoms with Crippen molar-refractivity contribution >= 4 is 46.5 Å². The number of hydrogen-bond donors (Lipinski definition) is 1. The van der Waals surface area contributed by atoms with Gasteiger partial charge >= 0.3 is 0 Å². The fourth-order valence-electron chi connectivity index (χ4n) is 2.78. The molecule has 7 nitrogen and oxygen atoms in total. The summed E-state index contributed by atoms with van der Waals surface area (Å²) in [5.41, 5.74) is 1.16. The van der Waals surface area contributed by atoms with Crippen LogP contribution in [-0.2, 0) is 13.3 Å². The molecule has 158 valence electrons. The number of amides is 1. The Morgan fingerprint density at radius 2 is 1.68 bits per heavy atom. The Bertz CT molecular complexity index is 1220. The van der Waals surface area contributed by atoms with Crippen molar-refractivity contribution in [3.05, 3.63) is 93.3 Å². The third-order valence-corrected chi connectivity index (χ3v) is 5.48. The highest BCUT2D eigenvalue weighted by molar-refractivity contribution is 6.42. The molecule has 0 aliphatic rings. The minimum absolute atomic E-state index is 0.0693. The van der Waals surface area contributed by atoms with Gasteiger partial charge in [-0.15, -0.1) is 0 Å². The van der Waals surface area contributed by atoms with E-state index in [4.69, 9.17) is 39.5 Å². The Kier molecular flexibility index (Phi) is 6.46. The smallest absolute Gasteiger partial charge is 0.277 e. The monoisotopic (exact) mass is 475 g/mol. The second-order valence-electron chi connectivity index (χ2n) is 6.51. The van der Waals surface area contributed by atoms with Crippen LogP contribution < -0.4 is 10.1 Å². The third-order valence-electron chi connectivity index (χ3n) is 4.31. The van der Waals surface area contributed by atoms with Crippen molar-refractivity contribution in [3.63, 3.8) is 0 Å². The van der Waals surface area contributed by atoms with Gasteiger partial charge in [0.1, 0.15) is 10.8 Å². The summed E-state index contributed by atoms with van der Waals surface area (Å²) >= 11 is 18.3. The highest BCUT2D eigenvalue weighted by Gasteiger charge is 2.13. The molecule has 2 heterocycles. The molecule has 0 saturated heterocycles. The molecular weight excluding hydrogens is 461 g/mol. The van der Waals surface area contributed by atoms with Crippen molar-refractivity contribution in [1.29, 1.82) is 0 Å². The maximum absolute atomic E-state index is 12.5. The van der Waals surface area contributed by atoms with Crippen LogP contribution in [0.2, 0.25) is 15.1 Å². The van der Waals surface area contributed by atoms with Gasteiger partial charge in [0.05, 0.1) is 11.6 Å². The van der Waals surface area contributed by atoms with Gasteiger partial charge < -0.3 is 10.1 Å². The van der Waals surface area contributed by atoms with Gasteiger partial charge in [-0.2, -0.15) is 10.2 Å². The largest absolute Gasteiger partial charge is 0.470 e. The number of hydrogen-bond acceptors (Lipinski definition) is 4. The summed E-state index contributed by atoms with van der Waals surface area (Å²) in [6.45, 7) is 0.563. The number of rotatable bonds is 7. The molecule has 10 heteroatoms. The van der Waals surface area contributed by atoms with Crippen LogP contribution in [0.3, 0.4) is 0 Å². The number of aromatic nitrogens is 4. The molecule has 0 atom stereocenters. The predicted molar refractivity (Wildman–Crippen MR) is 120 cm³/mol. The summed E-state index contributed by atoms with van der Waals surface area (Å²) in [7, 11) is 0. The van der Waals surface area contributed by atoms with Crippen LogP contribution in [0.4, 0.5) is 5.82 Å². The quantitative estimate of drug-likeness (QED) is 0.389. The van der Waals surface area contributed by atoms with Crippen LogP contribution in [0.15, 0.2) is 67.0 Å². The molecule has 31 heavy (non-hydrogen) atoms. The molecule has 0 spiro atoms. The second-order valence-corrected chi connectivity index (χ2v) is 7.70. The molecule has 0 bridgehead atoms. The standard InChI is InChI=1S/C21H16Cl3N5O2/c22-15-5-2-1-4-14(15)12-28-11-9-19(27-28)25-21(30)17-8-10-29(26-17)13-31-18-7-3-6-16(23)20(18)24/h1-11H,12-13H2,(H,25,27,30). The maximum atomic E-state index is 12.5. The molecule has 2 aromatic heterocycles. The number of ether oxygens (including phenoxy) is 1. The van der Waals surface area contributed by atoms with E-state index in [1.165, 1.54) is 4.68 Å². The van der Waals surface area contributed by atoms with Gasteiger partial charge in [-0.1, -0.05) is 59.1 Å². The molecular formula is C21H16Cl3N5O2. The van der Waals surface area contributed by atoms with E-state index >= 15 is 0 Å². The highest BCUT2D eigenvalue weighted by Crippen LogP contribution is 2.31. The molecule has 4 aromatic rings. The van der Waals surface area contributed by atoms with E-state index < -0.39 is 0 Å². The van der Waals surface area contributed by atoms with E-state index in [-0.39, 0.29) is 18.3 Å². The number of anilines is 1. The van der Waals surface area contributed by atoms with Gasteiger partial charge in [0.15, 0.2) is 18.2 Å². The maximum Gasteiger partial charge on any atom is 0.277 e. The minimum Gasteiger partial charge on any atom is -0.470 e. The molecule has 1 N–H and O–H groups in total. The van der Waals surface area contributed by atoms with Crippen LogP contribution in [0, 0.1) is 0 Å². The first-order valence-electron chi connectivity index (χ1n) is 9.18. The van der Waals surface area contributed by atoms with Crippen LogP contribution in [0.5, 0.6) is 5.75 Å². The van der Waals surface area contributed by atoms with E-state index in [2.05, 4.69) is 15.5 Å². The van der Waals surface area contributed by atoms with E-state index in [0.29, 0.717) is 33.2 Å². The molecule has 0 aliphatic heterocycles. The summed E-state index contributed by atoms with van der Waals surface area (Å²) < 4.78 is 8.78. The Balaban J connectivity index is 1.35. The predicted octanol–water partition coefficient (Wildman–Crippen LogP) is 5.38. The van der Waals surface area contributed by atoms with Crippen molar-refractivity contribution in [2.24, 2.45) is 0 Å². The summed E-state index contributed by atoms with van der Waals surface area (Å²) in [5.74, 6) is 0.454. The highest BCUT2D eigenvalue weighted by atomic mass is 35.5. The first kappa shape index (κ1) is 21.2. The van der Waals surface area contributed by atoms with Crippen LogP contribution >= 0.6 is 34.8 Å². The minimum atomic E-state index is -0.387. The SMILES string of the molecule is O=C(Nc1ccn(Cc2ccccc2Cl)n1)c1ccn(COc2cccc(Cl)c2Cl)n1. The first-order chi connectivity index (χ1) is 15.0. The molecule has 4 rings (SSSR count). The molecule has 2 aromatic carbocycles. The number of nitrogens with one attached hydrogen (secondary N) is 1. The summed E-state index contributed by atoms with van der Waals surface area (Å²) in [6, 6.07) is 15.9. The van der Waals surface area contributed by atoms with Gasteiger partial charge in [0, 0.05) is 23.5 Å². The Hall–Kier alpha value is -3.00. The van der Waals surface area contributed by atoms with Crippen molar-refractivity contribution < 1.29 is 9.53 Å². The third kappa shape index (κ3) is 5.19. The lowest BCUT2D eigenvalue weighted by Gasteiger charge is -2.08. The normalized spacial score (nSPS) is 10.8. The number of halogens is 3. The van der Waals surface area contributed by atoms with Crippen LogP contribution in [0.25, 0.3) is 0 Å². The van der Waals surface area contributed by atoms with Gasteiger partial charge in [-0.25, -0.2) is 4.68 Å². The van der Waals surface area contributed by atoms with Gasteiger partial charge in [-0.3, -0.25) is 9.48 Å². The zero-order chi connectivity index (χ0) is 21.8. The van der Waals surface area contributed by atoms with Crippen molar-refractivity contribution in [1.82, 2.24) is 19.6 Å². The fraction of sp³-hybridized carbons (Fsp3) is 0.0952. The van der Waals surface area contributed by atoms with Crippen molar-refractivity contribution in [3.8, 4) is 5.75 Å². The molecule has 0 saturated carbocycles. The van der Waals surface area contributed by atoms with Crippen molar-refractivity contribution in [2.45, 2.75) is 13.3 Å². The number of carbonyl (C=O) groups is 1. The van der Waals surface area contributed by atoms with E-state index in [1.807, 2.05) is 24.3 Å². The van der Waals surface area contributed by atoms with Crippen molar-refractivity contribution in [2.75, 3.05) is 5.32 Å². The zero-order valence-electron chi connectivity index (χ0n) is 16.0. The summed E-state index contributed by atoms with van der Waals surface area (Å²) in [5, 5.41) is 12.7. The topological polar surface area (TPSA) is 74.0 Å². The number of carbonyl (C=O) groups excluding carboxylic acids is 1. The lowest BCUT2D eigenvalue weighted by atomic mass is 10.2. The lowest BCUT2D eigenvalue weighted by Crippen LogP contribution is -2.15. The van der Waals surface area contributed by atoms with Crippen LogP contribution in [-0.4, -0.2) is 25.5 Å². The zero-order valence-corrected chi connectivity index (χ0v) is 18.3. The average molecular weight is 477 g/mol. The van der Waals surface area contributed by atoms with E-state index in [1.54, 1.807) is 47.4 Å². The second kappa shape index (κ2) is 9.43. The molecule has 0 fully saturated rings. The molecule has 0 radical (unpaired) electrons. The Morgan fingerprint density at radius 3 is 2.52 bits per heavy atom. The lowest BCUT2D eigenvalue weighted by molar-refractivity contribution is 0.101. The molecule has 0 unspecified atom stereocenters. The summed E-state index contributed by atoms with van der Waals surface area (Å²) in [4.78, 5) is 12.5. The van der Waals surface area contributed by atoms with Gasteiger partial charge in [-0.05, 0) is 29.8 Å². The van der Waals surface area contributed by atoms with Crippen LogP contribution in [0.1, 0.15) is 16.1 Å². The number of benzene rings is 2. The summed E-state index contributed by atoms with van der Waals surface area (Å²) in [6.07, 6.45) is 3.39.